The Morgan fingerprint density at radius 1 is 1.50 bits per heavy atom. The molecule has 1 atom stereocenters. The summed E-state index contributed by atoms with van der Waals surface area (Å²) in [6.07, 6.45) is 2.55. The number of hydrogen-bond donors (Lipinski definition) is 0. The molecule has 1 fully saturated rings. The molecule has 0 aliphatic heterocycles. The van der Waals surface area contributed by atoms with Crippen LogP contribution in [0.15, 0.2) is 29.2 Å². The number of hydrogen-bond acceptors (Lipinski definition) is 2. The highest BCUT2D eigenvalue weighted by Gasteiger charge is 2.43. The standard InChI is InChI=1S/C12H12ClNOS/c13-10-2-1-3-11(8-10)16(15)9-12(4-5-12)6-7-14/h1-3,8H,4-6,9H2. The fraction of sp³-hybridized carbons (Fsp3) is 0.417. The Balaban J connectivity index is 2.07. The molecule has 0 radical (unpaired) electrons. The third-order valence-corrected chi connectivity index (χ3v) is 4.80. The van der Waals surface area contributed by atoms with Gasteiger partial charge in [0.15, 0.2) is 0 Å². The van der Waals surface area contributed by atoms with Crippen LogP contribution < -0.4 is 0 Å². The fourth-order valence-electron chi connectivity index (χ4n) is 1.69. The van der Waals surface area contributed by atoms with Gasteiger partial charge in [-0.05, 0) is 36.5 Å². The van der Waals surface area contributed by atoms with Crippen LogP contribution in [0.5, 0.6) is 0 Å². The van der Waals surface area contributed by atoms with E-state index in [1.54, 1.807) is 18.2 Å². The second-order valence-electron chi connectivity index (χ2n) is 4.28. The first-order valence-corrected chi connectivity index (χ1v) is 6.86. The molecule has 2 nitrogen and oxygen atoms in total. The molecule has 1 aliphatic rings. The Kier molecular flexibility index (Phi) is 3.32. The zero-order valence-corrected chi connectivity index (χ0v) is 10.4. The molecule has 0 aromatic heterocycles. The van der Waals surface area contributed by atoms with Crippen LogP contribution in [-0.4, -0.2) is 9.96 Å². The lowest BCUT2D eigenvalue weighted by Gasteiger charge is -2.10. The topological polar surface area (TPSA) is 40.9 Å². The normalized spacial score (nSPS) is 18.8. The molecule has 0 amide bonds. The maximum Gasteiger partial charge on any atom is 0.0627 e. The van der Waals surface area contributed by atoms with E-state index in [4.69, 9.17) is 16.9 Å². The molecule has 0 spiro atoms. The number of rotatable bonds is 4. The molecule has 0 N–H and O–H groups in total. The van der Waals surface area contributed by atoms with Gasteiger partial charge in [-0.1, -0.05) is 17.7 Å². The number of halogens is 1. The summed E-state index contributed by atoms with van der Waals surface area (Å²) < 4.78 is 12.1. The summed E-state index contributed by atoms with van der Waals surface area (Å²) in [6, 6.07) is 9.31. The lowest BCUT2D eigenvalue weighted by molar-refractivity contribution is 0.587. The van der Waals surface area contributed by atoms with Crippen LogP contribution in [-0.2, 0) is 10.8 Å². The molecule has 0 saturated heterocycles. The van der Waals surface area contributed by atoms with Gasteiger partial charge < -0.3 is 0 Å². The van der Waals surface area contributed by atoms with Gasteiger partial charge in [0.05, 0.1) is 16.9 Å². The predicted molar refractivity (Wildman–Crippen MR) is 64.6 cm³/mol. The smallest absolute Gasteiger partial charge is 0.0627 e. The second kappa shape index (κ2) is 4.57. The predicted octanol–water partition coefficient (Wildman–Crippen LogP) is 3.14. The van der Waals surface area contributed by atoms with E-state index in [-0.39, 0.29) is 5.41 Å². The van der Waals surface area contributed by atoms with Gasteiger partial charge in [0, 0.05) is 22.1 Å². The molecule has 16 heavy (non-hydrogen) atoms. The van der Waals surface area contributed by atoms with Crippen molar-refractivity contribution in [3.05, 3.63) is 29.3 Å². The van der Waals surface area contributed by atoms with Gasteiger partial charge in [0.25, 0.3) is 0 Å². The summed E-state index contributed by atoms with van der Waals surface area (Å²) >= 11 is 5.85. The highest BCUT2D eigenvalue weighted by atomic mass is 35.5. The molecule has 84 valence electrons. The molecule has 1 saturated carbocycles. The van der Waals surface area contributed by atoms with Crippen LogP contribution in [0.1, 0.15) is 19.3 Å². The monoisotopic (exact) mass is 253 g/mol. The minimum atomic E-state index is -1.04. The van der Waals surface area contributed by atoms with Crippen LogP contribution in [0.25, 0.3) is 0 Å². The van der Waals surface area contributed by atoms with E-state index >= 15 is 0 Å². The van der Waals surface area contributed by atoms with Crippen molar-refractivity contribution in [3.63, 3.8) is 0 Å². The zero-order valence-electron chi connectivity index (χ0n) is 8.78. The third-order valence-electron chi connectivity index (χ3n) is 2.91. The molecule has 1 aliphatic carbocycles. The highest BCUT2D eigenvalue weighted by molar-refractivity contribution is 7.85. The Morgan fingerprint density at radius 2 is 2.25 bits per heavy atom. The zero-order chi connectivity index (χ0) is 11.6. The van der Waals surface area contributed by atoms with Gasteiger partial charge in [-0.2, -0.15) is 5.26 Å². The minimum absolute atomic E-state index is 0.0158. The SMILES string of the molecule is N#CCC1(CS(=O)c2cccc(Cl)c2)CC1. The molecule has 4 heteroatoms. The maximum absolute atomic E-state index is 12.1. The lowest BCUT2D eigenvalue weighted by atomic mass is 10.1. The minimum Gasteiger partial charge on any atom is -0.254 e. The Labute approximate surface area is 103 Å². The average Bonchev–Trinajstić information content (AvgIpc) is 2.98. The first kappa shape index (κ1) is 11.6. The van der Waals surface area contributed by atoms with Crippen molar-refractivity contribution in [2.75, 3.05) is 5.75 Å². The Bertz CT molecular complexity index is 462. The Morgan fingerprint density at radius 3 is 2.81 bits per heavy atom. The van der Waals surface area contributed by atoms with E-state index < -0.39 is 10.8 Å². The highest BCUT2D eigenvalue weighted by Crippen LogP contribution is 2.49. The fourth-order valence-corrected chi connectivity index (χ4v) is 3.54. The molecule has 2 rings (SSSR count). The van der Waals surface area contributed by atoms with E-state index in [0.29, 0.717) is 17.2 Å². The van der Waals surface area contributed by atoms with Gasteiger partial charge in [-0.25, -0.2) is 0 Å². The van der Waals surface area contributed by atoms with Gasteiger partial charge in [0.2, 0.25) is 0 Å². The summed E-state index contributed by atoms with van der Waals surface area (Å²) in [7, 11) is -1.04. The van der Waals surface area contributed by atoms with Crippen molar-refractivity contribution in [2.24, 2.45) is 5.41 Å². The second-order valence-corrected chi connectivity index (χ2v) is 6.17. The van der Waals surface area contributed by atoms with Crippen molar-refractivity contribution < 1.29 is 4.21 Å². The summed E-state index contributed by atoms with van der Waals surface area (Å²) in [6.45, 7) is 0. The van der Waals surface area contributed by atoms with E-state index in [2.05, 4.69) is 6.07 Å². The van der Waals surface area contributed by atoms with Gasteiger partial charge in [-0.3, -0.25) is 4.21 Å². The molecule has 0 heterocycles. The van der Waals surface area contributed by atoms with Gasteiger partial charge in [0.1, 0.15) is 0 Å². The molecule has 0 bridgehead atoms. The van der Waals surface area contributed by atoms with Crippen LogP contribution in [0.4, 0.5) is 0 Å². The summed E-state index contributed by atoms with van der Waals surface area (Å²) in [5, 5.41) is 9.31. The maximum atomic E-state index is 12.1. The van der Waals surface area contributed by atoms with Crippen LogP contribution in [0.3, 0.4) is 0 Å². The molecule has 1 aromatic carbocycles. The summed E-state index contributed by atoms with van der Waals surface area (Å²) in [5.74, 6) is 0.584. The van der Waals surface area contributed by atoms with Crippen molar-refractivity contribution in [1.82, 2.24) is 0 Å². The van der Waals surface area contributed by atoms with Crippen LogP contribution in [0.2, 0.25) is 5.02 Å². The quantitative estimate of drug-likeness (QED) is 0.827. The van der Waals surface area contributed by atoms with Gasteiger partial charge in [-0.15, -0.1) is 0 Å². The number of benzene rings is 1. The molecular formula is C12H12ClNOS. The largest absolute Gasteiger partial charge is 0.254 e. The van der Waals surface area contributed by atoms with E-state index in [1.165, 1.54) is 0 Å². The molecular weight excluding hydrogens is 242 g/mol. The lowest BCUT2D eigenvalue weighted by Crippen LogP contribution is -2.11. The average molecular weight is 254 g/mol. The van der Waals surface area contributed by atoms with Crippen molar-refractivity contribution in [1.29, 1.82) is 5.26 Å². The summed E-state index contributed by atoms with van der Waals surface area (Å²) in [5.41, 5.74) is 0.0158. The van der Waals surface area contributed by atoms with Crippen molar-refractivity contribution in [2.45, 2.75) is 24.2 Å². The number of nitrogens with zero attached hydrogens (tertiary/aromatic N) is 1. The molecule has 1 aromatic rings. The molecule has 1 unspecified atom stereocenters. The van der Waals surface area contributed by atoms with Crippen molar-refractivity contribution in [3.8, 4) is 6.07 Å². The van der Waals surface area contributed by atoms with Crippen LogP contribution in [0, 0.1) is 16.7 Å². The van der Waals surface area contributed by atoms with E-state index in [0.717, 1.165) is 17.7 Å². The third kappa shape index (κ3) is 2.63. The Hall–Kier alpha value is -0.850. The summed E-state index contributed by atoms with van der Waals surface area (Å²) in [4.78, 5) is 0.761. The van der Waals surface area contributed by atoms with Gasteiger partial charge >= 0.3 is 0 Å². The van der Waals surface area contributed by atoms with E-state index in [1.807, 2.05) is 6.07 Å². The number of nitriles is 1. The first-order chi connectivity index (χ1) is 7.65. The van der Waals surface area contributed by atoms with Crippen LogP contribution >= 0.6 is 11.6 Å². The van der Waals surface area contributed by atoms with Crippen molar-refractivity contribution >= 4 is 22.4 Å². The first-order valence-electron chi connectivity index (χ1n) is 5.16. The van der Waals surface area contributed by atoms with E-state index in [9.17, 15) is 4.21 Å².